The second kappa shape index (κ2) is 7.58. The Morgan fingerprint density at radius 2 is 1.74 bits per heavy atom. The van der Waals surface area contributed by atoms with Crippen LogP contribution in [0.2, 0.25) is 0 Å². The molecule has 0 aliphatic heterocycles. The number of hydrogen-bond donors (Lipinski definition) is 1. The molecular weight excluding hydrogens is 380 g/mol. The number of benzene rings is 1. The van der Waals surface area contributed by atoms with Crippen LogP contribution in [0.5, 0.6) is 0 Å². The van der Waals surface area contributed by atoms with Gasteiger partial charge in [0, 0.05) is 5.41 Å². The molecule has 1 aromatic carbocycles. The molecule has 31 heavy (non-hydrogen) atoms. The fraction of sp³-hybridized carbons (Fsp3) is 0.690. The van der Waals surface area contributed by atoms with Crippen LogP contribution < -0.4 is 0 Å². The molecule has 0 heterocycles. The van der Waals surface area contributed by atoms with Gasteiger partial charge in [0.05, 0.1) is 6.10 Å². The number of fused-ring (bicyclic) bond motifs is 5. The lowest BCUT2D eigenvalue weighted by Gasteiger charge is -2.59. The molecule has 7 atom stereocenters. The molecule has 0 saturated heterocycles. The maximum atomic E-state index is 13.6. The number of aliphatic hydroxyl groups is 1. The molecule has 5 rings (SSSR count). The van der Waals surface area contributed by atoms with Crippen molar-refractivity contribution in [3.8, 4) is 0 Å². The van der Waals surface area contributed by atoms with Crippen molar-refractivity contribution >= 4 is 11.9 Å². The van der Waals surface area contributed by atoms with Gasteiger partial charge in [-0.15, -0.1) is 0 Å². The van der Waals surface area contributed by atoms with Gasteiger partial charge in [-0.05, 0) is 109 Å². The molecule has 168 valence electrons. The normalized spacial score (nSPS) is 43.6. The first-order valence-corrected chi connectivity index (χ1v) is 12.8. The molecule has 0 bridgehead atoms. The monoisotopic (exact) mass is 420 g/mol. The second-order valence-corrected chi connectivity index (χ2v) is 12.1. The van der Waals surface area contributed by atoms with Crippen LogP contribution in [0.4, 0.5) is 0 Å². The minimum atomic E-state index is -0.164. The molecule has 2 nitrogen and oxygen atoms in total. The van der Waals surface area contributed by atoms with Crippen LogP contribution in [0.3, 0.4) is 0 Å². The predicted molar refractivity (Wildman–Crippen MR) is 127 cm³/mol. The molecule has 4 saturated carbocycles. The minimum absolute atomic E-state index is 0.0897. The number of aliphatic hydroxyl groups excluding tert-OH is 1. The van der Waals surface area contributed by atoms with Gasteiger partial charge in [-0.1, -0.05) is 52.0 Å². The third-order valence-electron chi connectivity index (χ3n) is 10.2. The van der Waals surface area contributed by atoms with Crippen molar-refractivity contribution in [3.05, 3.63) is 41.0 Å². The van der Waals surface area contributed by atoms with Crippen molar-refractivity contribution in [1.82, 2.24) is 0 Å². The molecule has 1 N–H and O–H groups in total. The van der Waals surface area contributed by atoms with Crippen LogP contribution >= 0.6 is 0 Å². The minimum Gasteiger partial charge on any atom is -0.393 e. The van der Waals surface area contributed by atoms with E-state index in [4.69, 9.17) is 0 Å². The number of allylic oxidation sites excluding steroid dienone is 1. The van der Waals surface area contributed by atoms with Gasteiger partial charge in [-0.2, -0.15) is 0 Å². The molecular formula is C29H40O2. The SMILES string of the molecule is CC(C)c1ccc(/C=C2\C[C@H]3[C@@H]4CC[C@@H]5C[C@@H](O)CC[C@]5(C)[C@H]4CC[C@]3(C)C2=O)cc1. The maximum absolute atomic E-state index is 13.6. The van der Waals surface area contributed by atoms with Gasteiger partial charge < -0.3 is 5.11 Å². The van der Waals surface area contributed by atoms with Gasteiger partial charge >= 0.3 is 0 Å². The molecule has 1 aromatic rings. The molecule has 0 radical (unpaired) electrons. The van der Waals surface area contributed by atoms with E-state index < -0.39 is 0 Å². The van der Waals surface area contributed by atoms with Crippen molar-refractivity contribution in [2.24, 2.45) is 34.5 Å². The van der Waals surface area contributed by atoms with E-state index in [2.05, 4.69) is 58.0 Å². The summed E-state index contributed by atoms with van der Waals surface area (Å²) in [5.74, 6) is 3.54. The zero-order valence-electron chi connectivity index (χ0n) is 19.9. The van der Waals surface area contributed by atoms with Gasteiger partial charge in [0.2, 0.25) is 0 Å². The average Bonchev–Trinajstić information content (AvgIpc) is 2.99. The van der Waals surface area contributed by atoms with Gasteiger partial charge in [0.15, 0.2) is 5.78 Å². The standard InChI is InChI=1S/C29H40O2/c1-18(2)20-7-5-19(6-8-20)15-21-16-26-24-10-9-22-17-23(30)11-13-28(22,3)25(24)12-14-29(26,4)27(21)31/h5-8,15,18,22-26,30H,9-14,16-17H2,1-4H3/b21-15+/t22-,23+,24-,25+,26+,28+,29+/m1/s1. The van der Waals surface area contributed by atoms with Crippen molar-refractivity contribution in [3.63, 3.8) is 0 Å². The van der Waals surface area contributed by atoms with Crippen LogP contribution in [-0.2, 0) is 4.79 Å². The van der Waals surface area contributed by atoms with Crippen LogP contribution in [-0.4, -0.2) is 17.0 Å². The molecule has 2 heteroatoms. The van der Waals surface area contributed by atoms with Crippen LogP contribution in [0, 0.1) is 34.5 Å². The third-order valence-corrected chi connectivity index (χ3v) is 10.2. The van der Waals surface area contributed by atoms with E-state index in [9.17, 15) is 9.90 Å². The summed E-state index contributed by atoms with van der Waals surface area (Å²) < 4.78 is 0. The summed E-state index contributed by atoms with van der Waals surface area (Å²) in [6.07, 6.45) is 10.9. The van der Waals surface area contributed by atoms with E-state index in [1.54, 1.807) is 0 Å². The van der Waals surface area contributed by atoms with Crippen LogP contribution in [0.1, 0.15) is 96.1 Å². The van der Waals surface area contributed by atoms with E-state index in [1.807, 2.05) is 0 Å². The summed E-state index contributed by atoms with van der Waals surface area (Å²) in [5, 5.41) is 10.3. The molecule has 4 aliphatic rings. The van der Waals surface area contributed by atoms with Crippen molar-refractivity contribution in [2.75, 3.05) is 0 Å². The summed E-state index contributed by atoms with van der Waals surface area (Å²) in [5.41, 5.74) is 3.79. The number of carbonyl (C=O) groups is 1. The van der Waals surface area contributed by atoms with Gasteiger partial charge in [-0.25, -0.2) is 0 Å². The summed E-state index contributed by atoms with van der Waals surface area (Å²) >= 11 is 0. The highest BCUT2D eigenvalue weighted by atomic mass is 16.3. The molecule has 0 aromatic heterocycles. The molecule has 4 aliphatic carbocycles. The molecule has 0 amide bonds. The Morgan fingerprint density at radius 1 is 1.00 bits per heavy atom. The lowest BCUT2D eigenvalue weighted by Crippen LogP contribution is -2.54. The predicted octanol–water partition coefficient (Wildman–Crippen LogP) is 6.78. The van der Waals surface area contributed by atoms with E-state index in [0.717, 1.165) is 37.2 Å². The lowest BCUT2D eigenvalue weighted by molar-refractivity contribution is -0.141. The maximum Gasteiger partial charge on any atom is 0.165 e. The Bertz CT molecular complexity index is 881. The number of rotatable bonds is 2. The largest absolute Gasteiger partial charge is 0.393 e. The van der Waals surface area contributed by atoms with Crippen molar-refractivity contribution in [2.45, 2.75) is 91.1 Å². The Balaban J connectivity index is 1.41. The zero-order chi connectivity index (χ0) is 22.0. The quantitative estimate of drug-likeness (QED) is 0.536. The fourth-order valence-electron chi connectivity index (χ4n) is 8.21. The Labute approximate surface area is 188 Å². The highest BCUT2D eigenvalue weighted by Crippen LogP contribution is 2.66. The summed E-state index contributed by atoms with van der Waals surface area (Å²) in [6, 6.07) is 8.78. The number of Topliss-reactive ketones (excluding diaryl/α,β-unsaturated/α-hetero) is 1. The molecule has 0 spiro atoms. The first-order chi connectivity index (χ1) is 14.7. The highest BCUT2D eigenvalue weighted by molar-refractivity contribution is 6.05. The second-order valence-electron chi connectivity index (χ2n) is 12.1. The Morgan fingerprint density at radius 3 is 2.45 bits per heavy atom. The van der Waals surface area contributed by atoms with Crippen molar-refractivity contribution in [1.29, 1.82) is 0 Å². The third kappa shape index (κ3) is 3.36. The fourth-order valence-corrected chi connectivity index (χ4v) is 8.21. The van der Waals surface area contributed by atoms with Gasteiger partial charge in [0.1, 0.15) is 0 Å². The van der Waals surface area contributed by atoms with Crippen LogP contribution in [0.15, 0.2) is 29.8 Å². The summed E-state index contributed by atoms with van der Waals surface area (Å²) in [6.45, 7) is 9.24. The van der Waals surface area contributed by atoms with Gasteiger partial charge in [0.25, 0.3) is 0 Å². The first kappa shape index (κ1) is 21.4. The number of hydrogen-bond acceptors (Lipinski definition) is 2. The summed E-state index contributed by atoms with van der Waals surface area (Å²) in [4.78, 5) is 13.6. The first-order valence-electron chi connectivity index (χ1n) is 12.8. The molecule has 4 fully saturated rings. The molecule has 0 unspecified atom stereocenters. The van der Waals surface area contributed by atoms with E-state index in [1.165, 1.54) is 36.8 Å². The summed E-state index contributed by atoms with van der Waals surface area (Å²) in [7, 11) is 0. The van der Waals surface area contributed by atoms with E-state index in [0.29, 0.717) is 34.9 Å². The lowest BCUT2D eigenvalue weighted by atomic mass is 9.45. The van der Waals surface area contributed by atoms with Gasteiger partial charge in [-0.3, -0.25) is 4.79 Å². The van der Waals surface area contributed by atoms with E-state index in [-0.39, 0.29) is 11.5 Å². The number of carbonyl (C=O) groups excluding carboxylic acids is 1. The topological polar surface area (TPSA) is 37.3 Å². The Kier molecular flexibility index (Phi) is 5.24. The van der Waals surface area contributed by atoms with E-state index >= 15 is 0 Å². The number of ketones is 1. The van der Waals surface area contributed by atoms with Crippen molar-refractivity contribution < 1.29 is 9.90 Å². The highest BCUT2D eigenvalue weighted by Gasteiger charge is 2.61. The average molecular weight is 421 g/mol. The Hall–Kier alpha value is -1.41. The smallest absolute Gasteiger partial charge is 0.165 e. The zero-order valence-corrected chi connectivity index (χ0v) is 19.9. The van der Waals surface area contributed by atoms with Crippen LogP contribution in [0.25, 0.3) is 6.08 Å².